The van der Waals surface area contributed by atoms with Gasteiger partial charge in [-0.3, -0.25) is 4.90 Å². The van der Waals surface area contributed by atoms with Crippen molar-refractivity contribution in [2.45, 2.75) is 19.4 Å². The summed E-state index contributed by atoms with van der Waals surface area (Å²) in [6, 6.07) is 6.53. The minimum Gasteiger partial charge on any atom is -0.356 e. The lowest BCUT2D eigenvalue weighted by atomic mass is 10.3. The molecule has 0 atom stereocenters. The van der Waals surface area contributed by atoms with E-state index in [9.17, 15) is 0 Å². The Balaban J connectivity index is 1.37. The largest absolute Gasteiger partial charge is 0.356 e. The molecular weight excluding hydrogens is 306 g/mol. The smallest absolute Gasteiger partial charge is 0.134 e. The molecule has 2 saturated heterocycles. The Morgan fingerprint density at radius 2 is 1.61 bits per heavy atom. The number of rotatable bonds is 4. The summed E-state index contributed by atoms with van der Waals surface area (Å²) in [4.78, 5) is 17.7. The molecule has 6 heteroatoms. The Bertz CT molecular complexity index is 616. The van der Waals surface area contributed by atoms with Crippen LogP contribution in [0.5, 0.6) is 0 Å². The molecule has 0 aromatic carbocycles. The van der Waals surface area contributed by atoms with E-state index in [4.69, 9.17) is 0 Å². The predicted molar refractivity (Wildman–Crippen MR) is 95.3 cm³/mol. The number of hydrogen-bond donors (Lipinski definition) is 0. The number of piperazine rings is 1. The summed E-state index contributed by atoms with van der Waals surface area (Å²) in [7, 11) is 0. The van der Waals surface area contributed by atoms with Gasteiger partial charge in [-0.05, 0) is 24.3 Å². The van der Waals surface area contributed by atoms with Gasteiger partial charge in [0.05, 0.1) is 0 Å². The Kier molecular flexibility index (Phi) is 4.43. The van der Waals surface area contributed by atoms with Crippen molar-refractivity contribution in [2.75, 3.05) is 49.1 Å². The summed E-state index contributed by atoms with van der Waals surface area (Å²) in [5.41, 5.74) is 0. The van der Waals surface area contributed by atoms with Crippen molar-refractivity contribution in [1.82, 2.24) is 14.9 Å². The maximum absolute atomic E-state index is 4.51. The lowest BCUT2D eigenvalue weighted by Gasteiger charge is -2.35. The van der Waals surface area contributed by atoms with E-state index in [0.29, 0.717) is 0 Å². The van der Waals surface area contributed by atoms with Crippen LogP contribution in [0.25, 0.3) is 0 Å². The Morgan fingerprint density at radius 3 is 2.26 bits per heavy atom. The third kappa shape index (κ3) is 3.48. The summed E-state index contributed by atoms with van der Waals surface area (Å²) in [5, 5.41) is 2.16. The highest BCUT2D eigenvalue weighted by molar-refractivity contribution is 7.09. The number of anilines is 2. The fourth-order valence-corrected chi connectivity index (χ4v) is 4.13. The molecule has 4 heterocycles. The van der Waals surface area contributed by atoms with Crippen LogP contribution >= 0.6 is 11.3 Å². The molecule has 0 N–H and O–H groups in total. The SMILES string of the molecule is c1csc(CN2CCN(c3cc(N4CCCC4)ncn3)CC2)c1. The van der Waals surface area contributed by atoms with Crippen molar-refractivity contribution >= 4 is 23.0 Å². The van der Waals surface area contributed by atoms with Crippen molar-refractivity contribution in [3.8, 4) is 0 Å². The molecule has 4 rings (SSSR count). The second-order valence-electron chi connectivity index (χ2n) is 6.27. The first kappa shape index (κ1) is 14.9. The Hall–Kier alpha value is -1.66. The van der Waals surface area contributed by atoms with Crippen molar-refractivity contribution in [2.24, 2.45) is 0 Å². The van der Waals surface area contributed by atoms with Crippen LogP contribution in [0.1, 0.15) is 17.7 Å². The molecule has 0 amide bonds. The number of hydrogen-bond acceptors (Lipinski definition) is 6. The number of nitrogens with zero attached hydrogens (tertiary/aromatic N) is 5. The molecule has 5 nitrogen and oxygen atoms in total. The van der Waals surface area contributed by atoms with Gasteiger partial charge in [-0.1, -0.05) is 6.07 Å². The van der Waals surface area contributed by atoms with E-state index in [1.807, 2.05) is 11.3 Å². The van der Waals surface area contributed by atoms with Crippen molar-refractivity contribution in [3.05, 3.63) is 34.8 Å². The molecular formula is C17H23N5S. The van der Waals surface area contributed by atoms with Gasteiger partial charge in [0.25, 0.3) is 0 Å². The molecule has 2 aliphatic heterocycles. The fraction of sp³-hybridized carbons (Fsp3) is 0.529. The molecule has 0 unspecified atom stereocenters. The molecule has 0 aliphatic carbocycles. The monoisotopic (exact) mass is 329 g/mol. The quantitative estimate of drug-likeness (QED) is 0.861. The van der Waals surface area contributed by atoms with Gasteiger partial charge in [0.15, 0.2) is 0 Å². The second-order valence-corrected chi connectivity index (χ2v) is 7.30. The molecule has 2 aliphatic rings. The zero-order valence-corrected chi connectivity index (χ0v) is 14.2. The van der Waals surface area contributed by atoms with E-state index in [2.05, 4.69) is 48.2 Å². The highest BCUT2D eigenvalue weighted by Crippen LogP contribution is 2.22. The maximum atomic E-state index is 4.51. The Morgan fingerprint density at radius 1 is 0.913 bits per heavy atom. The molecule has 0 saturated carbocycles. The molecule has 2 aromatic rings. The molecule has 2 aromatic heterocycles. The fourth-order valence-electron chi connectivity index (χ4n) is 3.39. The van der Waals surface area contributed by atoms with E-state index in [1.165, 1.54) is 17.7 Å². The summed E-state index contributed by atoms with van der Waals surface area (Å²) in [6.07, 6.45) is 4.28. The molecule has 0 bridgehead atoms. The predicted octanol–water partition coefficient (Wildman–Crippen LogP) is 2.46. The van der Waals surface area contributed by atoms with Crippen LogP contribution in [0.4, 0.5) is 11.6 Å². The van der Waals surface area contributed by atoms with E-state index >= 15 is 0 Å². The van der Waals surface area contributed by atoms with Crippen LogP contribution in [0.3, 0.4) is 0 Å². The van der Waals surface area contributed by atoms with E-state index in [1.54, 1.807) is 6.33 Å². The van der Waals surface area contributed by atoms with Crippen molar-refractivity contribution in [1.29, 1.82) is 0 Å². The zero-order chi connectivity index (χ0) is 15.5. The van der Waals surface area contributed by atoms with Crippen LogP contribution in [0, 0.1) is 0 Å². The van der Waals surface area contributed by atoms with Crippen LogP contribution in [0.2, 0.25) is 0 Å². The van der Waals surface area contributed by atoms with Gasteiger partial charge in [0, 0.05) is 56.8 Å². The van der Waals surface area contributed by atoms with Gasteiger partial charge in [0.1, 0.15) is 18.0 Å². The lowest BCUT2D eigenvalue weighted by Crippen LogP contribution is -2.46. The van der Waals surface area contributed by atoms with E-state index in [-0.39, 0.29) is 0 Å². The van der Waals surface area contributed by atoms with Crippen molar-refractivity contribution in [3.63, 3.8) is 0 Å². The van der Waals surface area contributed by atoms with Gasteiger partial charge in [-0.15, -0.1) is 11.3 Å². The van der Waals surface area contributed by atoms with Gasteiger partial charge in [-0.2, -0.15) is 0 Å². The first-order chi connectivity index (χ1) is 11.4. The van der Waals surface area contributed by atoms with Gasteiger partial charge in [0.2, 0.25) is 0 Å². The molecule has 122 valence electrons. The summed E-state index contributed by atoms with van der Waals surface area (Å²) >= 11 is 1.85. The highest BCUT2D eigenvalue weighted by atomic mass is 32.1. The second kappa shape index (κ2) is 6.84. The summed E-state index contributed by atoms with van der Waals surface area (Å²) < 4.78 is 0. The van der Waals surface area contributed by atoms with Gasteiger partial charge >= 0.3 is 0 Å². The summed E-state index contributed by atoms with van der Waals surface area (Å²) in [6.45, 7) is 7.62. The Labute approximate surface area is 141 Å². The third-order valence-corrected chi connectivity index (χ3v) is 5.59. The van der Waals surface area contributed by atoms with E-state index in [0.717, 1.165) is 57.4 Å². The number of thiophene rings is 1. The standard InChI is InChI=1S/C17H23N5S/c1-2-6-21(5-1)16-12-17(19-14-18-16)22-9-7-20(8-10-22)13-15-4-3-11-23-15/h3-4,11-12,14H,1-2,5-10,13H2. The van der Waals surface area contributed by atoms with E-state index < -0.39 is 0 Å². The minimum atomic E-state index is 1.04. The number of aromatic nitrogens is 2. The molecule has 0 radical (unpaired) electrons. The minimum absolute atomic E-state index is 1.04. The van der Waals surface area contributed by atoms with Crippen LogP contribution in [0.15, 0.2) is 29.9 Å². The average molecular weight is 329 g/mol. The third-order valence-electron chi connectivity index (χ3n) is 4.72. The average Bonchev–Trinajstić information content (AvgIpc) is 3.29. The first-order valence-electron chi connectivity index (χ1n) is 8.45. The normalized spacial score (nSPS) is 19.5. The summed E-state index contributed by atoms with van der Waals surface area (Å²) in [5.74, 6) is 2.17. The van der Waals surface area contributed by atoms with Crippen molar-refractivity contribution < 1.29 is 0 Å². The molecule has 0 spiro atoms. The topological polar surface area (TPSA) is 35.5 Å². The molecule has 23 heavy (non-hydrogen) atoms. The van der Waals surface area contributed by atoms with Crippen LogP contribution in [-0.2, 0) is 6.54 Å². The lowest BCUT2D eigenvalue weighted by molar-refractivity contribution is 0.251. The first-order valence-corrected chi connectivity index (χ1v) is 9.33. The van der Waals surface area contributed by atoms with Crippen LogP contribution < -0.4 is 9.80 Å². The molecule has 2 fully saturated rings. The highest BCUT2D eigenvalue weighted by Gasteiger charge is 2.20. The maximum Gasteiger partial charge on any atom is 0.134 e. The van der Waals surface area contributed by atoms with Crippen LogP contribution in [-0.4, -0.2) is 54.1 Å². The zero-order valence-electron chi connectivity index (χ0n) is 13.4. The van der Waals surface area contributed by atoms with Gasteiger partial charge in [-0.25, -0.2) is 9.97 Å². The van der Waals surface area contributed by atoms with Gasteiger partial charge < -0.3 is 9.80 Å².